The van der Waals surface area contributed by atoms with E-state index in [0.717, 1.165) is 25.9 Å². The quantitative estimate of drug-likeness (QED) is 0.736. The van der Waals surface area contributed by atoms with Gasteiger partial charge < -0.3 is 20.3 Å². The Morgan fingerprint density at radius 2 is 2.19 bits per heavy atom. The van der Waals surface area contributed by atoms with Gasteiger partial charge in [0.2, 0.25) is 5.91 Å². The molecule has 0 saturated carbocycles. The van der Waals surface area contributed by atoms with Gasteiger partial charge in [0, 0.05) is 38.9 Å². The van der Waals surface area contributed by atoms with E-state index in [0.29, 0.717) is 19.7 Å². The number of benzene rings is 1. The fraction of sp³-hybridized carbons (Fsp3) is 0.562. The predicted octanol–water partition coefficient (Wildman–Crippen LogP) is 1.01. The van der Waals surface area contributed by atoms with Gasteiger partial charge in [-0.25, -0.2) is 0 Å². The third-order valence-corrected chi connectivity index (χ3v) is 3.64. The summed E-state index contributed by atoms with van der Waals surface area (Å²) < 4.78 is 5.41. The highest BCUT2D eigenvalue weighted by Gasteiger charge is 2.20. The van der Waals surface area contributed by atoms with Crippen LogP contribution in [0.3, 0.4) is 0 Å². The first-order valence-electron chi connectivity index (χ1n) is 7.63. The Balaban J connectivity index is 1.56. The standard InChI is InChI=1S/C16H25N3O2/c1-19(14-7-3-2-4-8-14)11-6-5-9-18-16(20)15-13-17-10-12-21-15/h2-4,7-8,15,17H,5-6,9-13H2,1H3,(H,18,20). The molecule has 1 aromatic rings. The number of nitrogens with one attached hydrogen (secondary N) is 2. The summed E-state index contributed by atoms with van der Waals surface area (Å²) in [4.78, 5) is 14.1. The molecule has 2 N–H and O–H groups in total. The minimum absolute atomic E-state index is 0.00128. The van der Waals surface area contributed by atoms with E-state index >= 15 is 0 Å². The van der Waals surface area contributed by atoms with Crippen molar-refractivity contribution in [1.82, 2.24) is 10.6 Å². The summed E-state index contributed by atoms with van der Waals surface area (Å²) in [7, 11) is 2.09. The molecule has 1 aliphatic rings. The number of para-hydroxylation sites is 1. The van der Waals surface area contributed by atoms with Crippen LogP contribution in [0.2, 0.25) is 0 Å². The van der Waals surface area contributed by atoms with Crippen molar-refractivity contribution in [3.63, 3.8) is 0 Å². The van der Waals surface area contributed by atoms with Crippen molar-refractivity contribution in [3.05, 3.63) is 30.3 Å². The highest BCUT2D eigenvalue weighted by atomic mass is 16.5. The number of amides is 1. The molecule has 0 bridgehead atoms. The van der Waals surface area contributed by atoms with E-state index < -0.39 is 0 Å². The van der Waals surface area contributed by atoms with Gasteiger partial charge in [0.15, 0.2) is 0 Å². The molecular formula is C16H25N3O2. The lowest BCUT2D eigenvalue weighted by Crippen LogP contribution is -2.48. The second-order valence-corrected chi connectivity index (χ2v) is 5.32. The summed E-state index contributed by atoms with van der Waals surface area (Å²) in [6, 6.07) is 10.3. The molecular weight excluding hydrogens is 266 g/mol. The molecule has 0 radical (unpaired) electrons. The largest absolute Gasteiger partial charge is 0.375 e. The average molecular weight is 291 g/mol. The Labute approximate surface area is 126 Å². The predicted molar refractivity (Wildman–Crippen MR) is 84.6 cm³/mol. The van der Waals surface area contributed by atoms with Crippen molar-refractivity contribution >= 4 is 11.6 Å². The first kappa shape index (κ1) is 15.8. The topological polar surface area (TPSA) is 53.6 Å². The minimum atomic E-state index is -0.328. The van der Waals surface area contributed by atoms with Crippen LogP contribution in [0.15, 0.2) is 30.3 Å². The number of unbranched alkanes of at least 4 members (excludes halogenated alkanes) is 1. The fourth-order valence-corrected chi connectivity index (χ4v) is 2.34. The highest BCUT2D eigenvalue weighted by molar-refractivity contribution is 5.81. The van der Waals surface area contributed by atoms with Gasteiger partial charge >= 0.3 is 0 Å². The molecule has 0 aliphatic carbocycles. The number of hydrogen-bond acceptors (Lipinski definition) is 4. The number of carbonyl (C=O) groups is 1. The zero-order chi connectivity index (χ0) is 14.9. The monoisotopic (exact) mass is 291 g/mol. The van der Waals surface area contributed by atoms with E-state index in [1.807, 2.05) is 18.2 Å². The Morgan fingerprint density at radius 1 is 1.38 bits per heavy atom. The maximum atomic E-state index is 11.8. The maximum absolute atomic E-state index is 11.8. The average Bonchev–Trinajstić information content (AvgIpc) is 2.55. The van der Waals surface area contributed by atoms with Crippen molar-refractivity contribution < 1.29 is 9.53 Å². The zero-order valence-electron chi connectivity index (χ0n) is 12.7. The maximum Gasteiger partial charge on any atom is 0.250 e. The summed E-state index contributed by atoms with van der Waals surface area (Å²) in [6.45, 7) is 3.75. The molecule has 5 nitrogen and oxygen atoms in total. The fourth-order valence-electron chi connectivity index (χ4n) is 2.34. The molecule has 5 heteroatoms. The molecule has 21 heavy (non-hydrogen) atoms. The van der Waals surface area contributed by atoms with Crippen molar-refractivity contribution in [2.45, 2.75) is 18.9 Å². The smallest absolute Gasteiger partial charge is 0.250 e. The first-order valence-corrected chi connectivity index (χ1v) is 7.63. The van der Waals surface area contributed by atoms with Crippen LogP contribution in [0, 0.1) is 0 Å². The van der Waals surface area contributed by atoms with Gasteiger partial charge in [-0.05, 0) is 25.0 Å². The van der Waals surface area contributed by atoms with Gasteiger partial charge in [-0.2, -0.15) is 0 Å². The zero-order valence-corrected chi connectivity index (χ0v) is 12.7. The van der Waals surface area contributed by atoms with Crippen molar-refractivity contribution in [2.24, 2.45) is 0 Å². The lowest BCUT2D eigenvalue weighted by atomic mass is 10.2. The molecule has 116 valence electrons. The number of morpholine rings is 1. The van der Waals surface area contributed by atoms with Crippen molar-refractivity contribution in [3.8, 4) is 0 Å². The van der Waals surface area contributed by atoms with E-state index in [9.17, 15) is 4.79 Å². The molecule has 1 heterocycles. The number of nitrogens with zero attached hydrogens (tertiary/aromatic N) is 1. The summed E-state index contributed by atoms with van der Waals surface area (Å²) in [5, 5.41) is 6.10. The molecule has 1 aromatic carbocycles. The lowest BCUT2D eigenvalue weighted by molar-refractivity contribution is -0.134. The summed E-state index contributed by atoms with van der Waals surface area (Å²) in [6.07, 6.45) is 1.70. The molecule has 2 rings (SSSR count). The number of rotatable bonds is 7. The minimum Gasteiger partial charge on any atom is -0.375 e. The second-order valence-electron chi connectivity index (χ2n) is 5.32. The molecule has 1 saturated heterocycles. The number of anilines is 1. The van der Waals surface area contributed by atoms with Gasteiger partial charge in [0.05, 0.1) is 6.61 Å². The molecule has 1 atom stereocenters. The molecule has 1 amide bonds. The molecule has 1 unspecified atom stereocenters. The number of hydrogen-bond donors (Lipinski definition) is 2. The SMILES string of the molecule is CN(CCCCNC(=O)C1CNCCO1)c1ccccc1. The van der Waals surface area contributed by atoms with Crippen molar-refractivity contribution in [2.75, 3.05) is 44.7 Å². The second kappa shape index (κ2) is 8.64. The third-order valence-electron chi connectivity index (χ3n) is 3.64. The van der Waals surface area contributed by atoms with Gasteiger partial charge in [0.25, 0.3) is 0 Å². The van der Waals surface area contributed by atoms with E-state index in [1.165, 1.54) is 5.69 Å². The summed E-state index contributed by atoms with van der Waals surface area (Å²) in [5.74, 6) is -0.00128. The van der Waals surface area contributed by atoms with Gasteiger partial charge in [-0.15, -0.1) is 0 Å². The van der Waals surface area contributed by atoms with Crippen LogP contribution in [0.5, 0.6) is 0 Å². The van der Waals surface area contributed by atoms with Crippen LogP contribution in [-0.4, -0.2) is 51.8 Å². The normalized spacial score (nSPS) is 18.2. The Hall–Kier alpha value is -1.59. The molecule has 1 aliphatic heterocycles. The lowest BCUT2D eigenvalue weighted by Gasteiger charge is -2.23. The Kier molecular flexibility index (Phi) is 6.50. The first-order chi connectivity index (χ1) is 10.3. The molecule has 1 fully saturated rings. The van der Waals surface area contributed by atoms with Crippen LogP contribution in [-0.2, 0) is 9.53 Å². The van der Waals surface area contributed by atoms with Gasteiger partial charge in [-0.3, -0.25) is 4.79 Å². The van der Waals surface area contributed by atoms with Crippen LogP contribution in [0.4, 0.5) is 5.69 Å². The Morgan fingerprint density at radius 3 is 2.90 bits per heavy atom. The van der Waals surface area contributed by atoms with Crippen LogP contribution < -0.4 is 15.5 Å². The van der Waals surface area contributed by atoms with Crippen molar-refractivity contribution in [1.29, 1.82) is 0 Å². The van der Waals surface area contributed by atoms with Crippen LogP contribution >= 0.6 is 0 Å². The van der Waals surface area contributed by atoms with Gasteiger partial charge in [-0.1, -0.05) is 18.2 Å². The number of carbonyl (C=O) groups excluding carboxylic acids is 1. The Bertz CT molecular complexity index is 419. The van der Waals surface area contributed by atoms with E-state index in [1.54, 1.807) is 0 Å². The van der Waals surface area contributed by atoms with E-state index in [2.05, 4.69) is 34.7 Å². The molecule has 0 aromatic heterocycles. The van der Waals surface area contributed by atoms with E-state index in [-0.39, 0.29) is 12.0 Å². The molecule has 0 spiro atoms. The van der Waals surface area contributed by atoms with Crippen LogP contribution in [0.1, 0.15) is 12.8 Å². The van der Waals surface area contributed by atoms with Gasteiger partial charge in [0.1, 0.15) is 6.10 Å². The van der Waals surface area contributed by atoms with E-state index in [4.69, 9.17) is 4.74 Å². The number of ether oxygens (including phenoxy) is 1. The third kappa shape index (κ3) is 5.36. The summed E-state index contributed by atoms with van der Waals surface area (Å²) >= 11 is 0. The van der Waals surface area contributed by atoms with Crippen LogP contribution in [0.25, 0.3) is 0 Å². The summed E-state index contributed by atoms with van der Waals surface area (Å²) in [5.41, 5.74) is 1.23. The highest BCUT2D eigenvalue weighted by Crippen LogP contribution is 2.11.